The molecule has 9 heteroatoms. The maximum Gasteiger partial charge on any atom is 0.407 e. The molecular weight excluding hydrogens is 392 g/mol. The highest BCUT2D eigenvalue weighted by molar-refractivity contribution is 7.95. The Morgan fingerprint density at radius 1 is 0.897 bits per heavy atom. The molecule has 0 atom stereocenters. The maximum absolute atomic E-state index is 13.5. The smallest absolute Gasteiger partial charge is 0.407 e. The molecule has 4 rings (SSSR count). The van der Waals surface area contributed by atoms with Crippen LogP contribution >= 0.6 is 0 Å². The van der Waals surface area contributed by atoms with Crippen molar-refractivity contribution < 1.29 is 18.3 Å². The molecule has 0 spiro atoms. The molecule has 0 bridgehead atoms. The van der Waals surface area contributed by atoms with Crippen LogP contribution in [0.2, 0.25) is 0 Å². The molecule has 2 aromatic carbocycles. The predicted molar refractivity (Wildman–Crippen MR) is 112 cm³/mol. The first-order valence-corrected chi connectivity index (χ1v) is 11.0. The number of amides is 1. The van der Waals surface area contributed by atoms with Crippen molar-refractivity contribution in [1.29, 1.82) is 0 Å². The average molecular weight is 417 g/mol. The largest absolute Gasteiger partial charge is 0.465 e. The van der Waals surface area contributed by atoms with Crippen molar-refractivity contribution in [3.05, 3.63) is 54.1 Å². The summed E-state index contributed by atoms with van der Waals surface area (Å²) in [7, 11) is -3.75. The van der Waals surface area contributed by atoms with E-state index in [0.29, 0.717) is 56.3 Å². The minimum absolute atomic E-state index is 0.314. The Kier molecular flexibility index (Phi) is 5.10. The topological polar surface area (TPSA) is 84.4 Å². The molecular formula is C20H24N4O4S. The fourth-order valence-corrected chi connectivity index (χ4v) is 5.64. The van der Waals surface area contributed by atoms with Crippen molar-refractivity contribution in [3.63, 3.8) is 0 Å². The number of piperazine rings is 1. The van der Waals surface area contributed by atoms with E-state index in [0.717, 1.165) is 5.56 Å². The molecule has 0 saturated carbocycles. The van der Waals surface area contributed by atoms with Crippen molar-refractivity contribution in [2.24, 2.45) is 0 Å². The fourth-order valence-electron chi connectivity index (χ4n) is 3.87. The lowest BCUT2D eigenvalue weighted by Crippen LogP contribution is -2.50. The van der Waals surface area contributed by atoms with E-state index < -0.39 is 16.3 Å². The van der Waals surface area contributed by atoms with Gasteiger partial charge in [0.05, 0.1) is 17.1 Å². The van der Waals surface area contributed by atoms with Crippen LogP contribution in [0.5, 0.6) is 0 Å². The Balaban J connectivity index is 1.57. The van der Waals surface area contributed by atoms with Crippen LogP contribution in [-0.4, -0.2) is 68.7 Å². The first-order valence-electron chi connectivity index (χ1n) is 9.57. The van der Waals surface area contributed by atoms with Gasteiger partial charge in [0, 0.05) is 39.3 Å². The highest BCUT2D eigenvalue weighted by Gasteiger charge is 2.41. The third kappa shape index (κ3) is 3.51. The van der Waals surface area contributed by atoms with Crippen LogP contribution in [0.4, 0.5) is 21.9 Å². The third-order valence-corrected chi connectivity index (χ3v) is 7.27. The molecule has 154 valence electrons. The molecule has 1 fully saturated rings. The molecule has 2 aliphatic rings. The number of hydrogen-bond acceptors (Lipinski definition) is 4. The van der Waals surface area contributed by atoms with E-state index in [4.69, 9.17) is 5.11 Å². The van der Waals surface area contributed by atoms with Crippen LogP contribution in [0.1, 0.15) is 5.56 Å². The zero-order valence-corrected chi connectivity index (χ0v) is 17.0. The second-order valence-corrected chi connectivity index (χ2v) is 8.93. The van der Waals surface area contributed by atoms with Gasteiger partial charge in [0.25, 0.3) is 0 Å². The lowest BCUT2D eigenvalue weighted by molar-refractivity contribution is 0.107. The summed E-state index contributed by atoms with van der Waals surface area (Å²) < 4.78 is 29.8. The fraction of sp³-hybridized carbons (Fsp3) is 0.350. The summed E-state index contributed by atoms with van der Waals surface area (Å²) in [6.45, 7) is 4.84. The van der Waals surface area contributed by atoms with Crippen molar-refractivity contribution in [2.75, 3.05) is 47.9 Å². The predicted octanol–water partition coefficient (Wildman–Crippen LogP) is 2.49. The minimum atomic E-state index is -3.75. The van der Waals surface area contributed by atoms with E-state index >= 15 is 0 Å². The molecule has 29 heavy (non-hydrogen) atoms. The maximum atomic E-state index is 13.5. The van der Waals surface area contributed by atoms with Crippen LogP contribution in [0, 0.1) is 6.92 Å². The summed E-state index contributed by atoms with van der Waals surface area (Å²) in [4.78, 5) is 14.6. The number of para-hydroxylation sites is 3. The van der Waals surface area contributed by atoms with Gasteiger partial charge in [-0.15, -0.1) is 0 Å². The molecule has 1 amide bonds. The van der Waals surface area contributed by atoms with E-state index in [2.05, 4.69) is 4.90 Å². The summed E-state index contributed by atoms with van der Waals surface area (Å²) in [6.07, 6.45) is -0.908. The monoisotopic (exact) mass is 416 g/mol. The quantitative estimate of drug-likeness (QED) is 0.828. The van der Waals surface area contributed by atoms with Crippen LogP contribution < -0.4 is 8.61 Å². The molecule has 0 aliphatic carbocycles. The first-order chi connectivity index (χ1) is 13.9. The number of aryl methyl sites for hydroxylation is 1. The van der Waals surface area contributed by atoms with Gasteiger partial charge >= 0.3 is 16.3 Å². The molecule has 8 nitrogen and oxygen atoms in total. The number of nitrogens with zero attached hydrogens (tertiary/aromatic N) is 4. The molecule has 1 N–H and O–H groups in total. The van der Waals surface area contributed by atoms with E-state index in [1.807, 2.05) is 55.5 Å². The first kappa shape index (κ1) is 19.5. The lowest BCUT2D eigenvalue weighted by atomic mass is 10.2. The number of carbonyl (C=O) groups is 1. The molecule has 1 saturated heterocycles. The van der Waals surface area contributed by atoms with Crippen LogP contribution in [0.15, 0.2) is 48.5 Å². The highest BCUT2D eigenvalue weighted by Crippen LogP contribution is 2.45. The summed E-state index contributed by atoms with van der Waals surface area (Å²) in [6, 6.07) is 14.8. The number of carboxylic acid groups (broad SMARTS) is 1. The molecule has 2 heterocycles. The Bertz CT molecular complexity index is 1020. The number of anilines is 3. The average Bonchev–Trinajstić information content (AvgIpc) is 2.93. The van der Waals surface area contributed by atoms with Gasteiger partial charge in [0.15, 0.2) is 0 Å². The third-order valence-electron chi connectivity index (χ3n) is 5.47. The van der Waals surface area contributed by atoms with Crippen LogP contribution in [0.3, 0.4) is 0 Å². The van der Waals surface area contributed by atoms with E-state index in [1.165, 1.54) is 13.5 Å². The Labute approximate surface area is 170 Å². The van der Waals surface area contributed by atoms with Gasteiger partial charge in [0.1, 0.15) is 0 Å². The van der Waals surface area contributed by atoms with E-state index in [1.54, 1.807) is 0 Å². The van der Waals surface area contributed by atoms with Crippen molar-refractivity contribution in [1.82, 2.24) is 9.80 Å². The zero-order valence-electron chi connectivity index (χ0n) is 16.2. The van der Waals surface area contributed by atoms with Gasteiger partial charge in [-0.05, 0) is 30.7 Å². The van der Waals surface area contributed by atoms with Gasteiger partial charge in [-0.25, -0.2) is 13.4 Å². The van der Waals surface area contributed by atoms with Crippen molar-refractivity contribution >= 4 is 33.4 Å². The van der Waals surface area contributed by atoms with Gasteiger partial charge in [-0.3, -0.25) is 4.90 Å². The SMILES string of the molecule is Cc1ccccc1N1c2ccccc2N(CCN2CCN(C(=O)O)CC2)S1(=O)=O. The van der Waals surface area contributed by atoms with Gasteiger partial charge in [-0.1, -0.05) is 30.3 Å². The number of rotatable bonds is 4. The summed E-state index contributed by atoms with van der Waals surface area (Å²) >= 11 is 0. The van der Waals surface area contributed by atoms with Crippen LogP contribution in [0.25, 0.3) is 0 Å². The number of benzene rings is 2. The Morgan fingerprint density at radius 2 is 1.48 bits per heavy atom. The van der Waals surface area contributed by atoms with Gasteiger partial charge < -0.3 is 10.0 Å². The van der Waals surface area contributed by atoms with E-state index in [-0.39, 0.29) is 0 Å². The summed E-state index contributed by atoms with van der Waals surface area (Å²) in [5, 5.41) is 9.08. The van der Waals surface area contributed by atoms with Crippen molar-refractivity contribution in [2.45, 2.75) is 6.92 Å². The molecule has 0 unspecified atom stereocenters. The molecule has 2 aliphatic heterocycles. The number of fused-ring (bicyclic) bond motifs is 1. The molecule has 2 aromatic rings. The zero-order chi connectivity index (χ0) is 20.6. The number of hydrogen-bond donors (Lipinski definition) is 1. The normalized spacial score (nSPS) is 18.7. The van der Waals surface area contributed by atoms with E-state index in [9.17, 15) is 13.2 Å². The van der Waals surface area contributed by atoms with Crippen molar-refractivity contribution in [3.8, 4) is 0 Å². The van der Waals surface area contributed by atoms with Gasteiger partial charge in [0.2, 0.25) is 0 Å². The Hall–Kier alpha value is -2.78. The highest BCUT2D eigenvalue weighted by atomic mass is 32.2. The second-order valence-electron chi connectivity index (χ2n) is 7.23. The minimum Gasteiger partial charge on any atom is -0.465 e. The van der Waals surface area contributed by atoms with Gasteiger partial charge in [-0.2, -0.15) is 8.42 Å². The molecule has 0 radical (unpaired) electrons. The molecule has 0 aromatic heterocycles. The Morgan fingerprint density at radius 3 is 2.10 bits per heavy atom. The summed E-state index contributed by atoms with van der Waals surface area (Å²) in [5.74, 6) is 0. The van der Waals surface area contributed by atoms with Crippen LogP contribution in [-0.2, 0) is 10.2 Å². The lowest BCUT2D eigenvalue weighted by Gasteiger charge is -2.34. The summed E-state index contributed by atoms with van der Waals surface area (Å²) in [5.41, 5.74) is 2.85. The second kappa shape index (κ2) is 7.57. The standard InChI is InChI=1S/C20H24N4O4S/c1-16-6-2-3-7-17(16)24-19-9-5-4-8-18(19)23(29(24,27)28)15-12-21-10-13-22(14-11-21)20(25)26/h2-9H,10-15H2,1H3,(H,25,26).